The lowest BCUT2D eigenvalue weighted by Gasteiger charge is -2.09. The van der Waals surface area contributed by atoms with Crippen LogP contribution in [0.25, 0.3) is 0 Å². The van der Waals surface area contributed by atoms with Crippen LogP contribution in [0, 0.1) is 0 Å². The standard InChI is InChI=1S/C54H108N2O26/c1-59-7-8-61-11-12-63-15-16-65-19-20-67-23-24-69-27-28-71-31-32-73-35-36-75-39-40-77-43-44-79-47-48-81-51-52-82-50-49-80-46-45-78-42-41-76-38-37-74-34-33-72-30-29-70-26-25-68-22-21-66-18-17-64-14-13-62-10-9-60-6-5-56-54(58)4-2-3-53(55)57/h2-52H2,1H3,(H2,55,57)(H,56,58). The Kier molecular flexibility index (Phi) is 73.2. The van der Waals surface area contributed by atoms with Gasteiger partial charge in [0.1, 0.15) is 0 Å². The van der Waals surface area contributed by atoms with Gasteiger partial charge in [-0.05, 0) is 6.42 Å². The second-order valence-electron chi connectivity index (χ2n) is 16.7. The molecule has 0 heterocycles. The number of nitrogens with one attached hydrogen (secondary N) is 1. The predicted octanol–water partition coefficient (Wildman–Crippen LogP) is -0.214. The van der Waals surface area contributed by atoms with Gasteiger partial charge in [-0.2, -0.15) is 0 Å². The zero-order chi connectivity index (χ0) is 58.9. The molecule has 490 valence electrons. The number of hydrogen-bond acceptors (Lipinski definition) is 26. The van der Waals surface area contributed by atoms with Crippen molar-refractivity contribution in [2.75, 3.05) is 324 Å². The summed E-state index contributed by atoms with van der Waals surface area (Å²) in [6, 6.07) is 0. The third-order valence-electron chi connectivity index (χ3n) is 10.0. The van der Waals surface area contributed by atoms with Gasteiger partial charge in [0, 0.05) is 26.5 Å². The molecule has 0 unspecified atom stereocenters. The Morgan fingerprint density at radius 2 is 0.378 bits per heavy atom. The molecule has 82 heavy (non-hydrogen) atoms. The maximum atomic E-state index is 11.6. The molecule has 28 nitrogen and oxygen atoms in total. The molecule has 0 aromatic carbocycles. The summed E-state index contributed by atoms with van der Waals surface area (Å²) in [5, 5.41) is 2.72. The van der Waals surface area contributed by atoms with Gasteiger partial charge in [0.05, 0.1) is 311 Å². The summed E-state index contributed by atoms with van der Waals surface area (Å²) in [5.41, 5.74) is 5.05. The first-order chi connectivity index (χ1) is 40.7. The molecular weight excluding hydrogens is 1090 g/mol. The Hall–Kier alpha value is -2.02. The number of hydrogen-bond donors (Lipinski definition) is 2. The van der Waals surface area contributed by atoms with Crippen LogP contribution in [0.1, 0.15) is 19.3 Å². The molecule has 0 aromatic heterocycles. The topological polar surface area (TPSA) is 294 Å². The monoisotopic (exact) mass is 1200 g/mol. The minimum absolute atomic E-state index is 0.126. The Morgan fingerprint density at radius 1 is 0.232 bits per heavy atom. The highest BCUT2D eigenvalue weighted by Gasteiger charge is 2.04. The number of amides is 2. The van der Waals surface area contributed by atoms with Crippen LogP contribution in [0.3, 0.4) is 0 Å². The van der Waals surface area contributed by atoms with Gasteiger partial charge in [-0.1, -0.05) is 0 Å². The van der Waals surface area contributed by atoms with Gasteiger partial charge in [-0.3, -0.25) is 9.59 Å². The quantitative estimate of drug-likeness (QED) is 0.0745. The molecule has 0 radical (unpaired) electrons. The number of carbonyl (C=O) groups is 2. The number of carbonyl (C=O) groups excluding carboxylic acids is 2. The lowest BCUT2D eigenvalue weighted by atomic mass is 10.2. The molecule has 0 aliphatic rings. The van der Waals surface area contributed by atoms with Crippen LogP contribution in [0.2, 0.25) is 0 Å². The summed E-state index contributed by atoms with van der Waals surface area (Å²) < 4.78 is 131. The van der Waals surface area contributed by atoms with E-state index in [1.54, 1.807) is 7.11 Å². The smallest absolute Gasteiger partial charge is 0.220 e. The van der Waals surface area contributed by atoms with E-state index in [2.05, 4.69) is 5.32 Å². The number of rotatable bonds is 76. The molecule has 0 saturated heterocycles. The van der Waals surface area contributed by atoms with Gasteiger partial charge >= 0.3 is 0 Å². The summed E-state index contributed by atoms with van der Waals surface area (Å²) >= 11 is 0. The number of methoxy groups -OCH3 is 1. The molecule has 0 aromatic rings. The second kappa shape index (κ2) is 75.1. The highest BCUT2D eigenvalue weighted by Crippen LogP contribution is 1.95. The van der Waals surface area contributed by atoms with E-state index in [-0.39, 0.29) is 18.7 Å². The lowest BCUT2D eigenvalue weighted by Crippen LogP contribution is -2.27. The zero-order valence-electron chi connectivity index (χ0n) is 49.8. The maximum absolute atomic E-state index is 11.6. The van der Waals surface area contributed by atoms with E-state index >= 15 is 0 Å². The van der Waals surface area contributed by atoms with Crippen molar-refractivity contribution < 1.29 is 123 Å². The average molecular weight is 1200 g/mol. The largest absolute Gasteiger partial charge is 0.382 e. The summed E-state index contributed by atoms with van der Waals surface area (Å²) in [6.45, 7) is 23.2. The minimum atomic E-state index is -0.407. The van der Waals surface area contributed by atoms with Crippen LogP contribution in [-0.2, 0) is 123 Å². The highest BCUT2D eigenvalue weighted by molar-refractivity contribution is 5.77. The van der Waals surface area contributed by atoms with Crippen molar-refractivity contribution in [1.82, 2.24) is 5.32 Å². The number of primary amides is 1. The fourth-order valence-electron chi connectivity index (χ4n) is 5.86. The molecule has 28 heteroatoms. The fraction of sp³-hybridized carbons (Fsp3) is 0.963. The van der Waals surface area contributed by atoms with Crippen molar-refractivity contribution in [2.24, 2.45) is 5.73 Å². The molecule has 0 saturated carbocycles. The first-order valence-corrected chi connectivity index (χ1v) is 29.0. The molecule has 0 fully saturated rings. The third kappa shape index (κ3) is 76.0. The van der Waals surface area contributed by atoms with E-state index in [0.717, 1.165) is 0 Å². The average Bonchev–Trinajstić information content (AvgIpc) is 3.47. The molecule has 3 N–H and O–H groups in total. The summed E-state index contributed by atoms with van der Waals surface area (Å²) in [4.78, 5) is 22.2. The van der Waals surface area contributed by atoms with Crippen molar-refractivity contribution >= 4 is 11.8 Å². The second-order valence-corrected chi connectivity index (χ2v) is 16.7. The molecule has 0 atom stereocenters. The van der Waals surface area contributed by atoms with Crippen molar-refractivity contribution in [3.8, 4) is 0 Å². The Morgan fingerprint density at radius 3 is 0.524 bits per heavy atom. The molecule has 0 aliphatic heterocycles. The van der Waals surface area contributed by atoms with Crippen LogP contribution in [0.5, 0.6) is 0 Å². The van der Waals surface area contributed by atoms with Crippen LogP contribution in [0.15, 0.2) is 0 Å². The lowest BCUT2D eigenvalue weighted by molar-refractivity contribution is -0.121. The van der Waals surface area contributed by atoms with Gasteiger partial charge in [-0.25, -0.2) is 0 Å². The molecule has 0 spiro atoms. The first kappa shape index (κ1) is 80.0. The molecule has 0 rings (SSSR count). The van der Waals surface area contributed by atoms with E-state index in [0.29, 0.717) is 323 Å². The van der Waals surface area contributed by atoms with E-state index < -0.39 is 5.91 Å². The SMILES string of the molecule is COCCOCCOCCOCCOCCOCCOCCOCCOCCOCCOCCOCCOCCOCCOCCOCCOCCOCCOCCOCCOCCOCCOCCOCCNC(=O)CCCC(N)=O. The van der Waals surface area contributed by atoms with Gasteiger partial charge in [0.25, 0.3) is 0 Å². The third-order valence-corrected chi connectivity index (χ3v) is 10.0. The van der Waals surface area contributed by atoms with Gasteiger partial charge in [-0.15, -0.1) is 0 Å². The zero-order valence-corrected chi connectivity index (χ0v) is 49.8. The highest BCUT2D eigenvalue weighted by atomic mass is 16.6. The van der Waals surface area contributed by atoms with E-state index in [4.69, 9.17) is 119 Å². The Bertz CT molecular complexity index is 1220. The minimum Gasteiger partial charge on any atom is -0.382 e. The molecule has 0 aliphatic carbocycles. The Balaban J connectivity index is 3.10. The normalized spacial score (nSPS) is 11.6. The summed E-state index contributed by atoms with van der Waals surface area (Å²) in [6.07, 6.45) is 0.924. The van der Waals surface area contributed by atoms with Crippen molar-refractivity contribution in [1.29, 1.82) is 0 Å². The molecule has 2 amide bonds. The summed E-state index contributed by atoms with van der Waals surface area (Å²) in [7, 11) is 1.64. The number of nitrogens with two attached hydrogens (primary N) is 1. The maximum Gasteiger partial charge on any atom is 0.220 e. The fourth-order valence-corrected chi connectivity index (χ4v) is 5.86. The van der Waals surface area contributed by atoms with Crippen LogP contribution in [-0.4, -0.2) is 336 Å². The van der Waals surface area contributed by atoms with Crippen molar-refractivity contribution in [2.45, 2.75) is 19.3 Å². The van der Waals surface area contributed by atoms with Gasteiger partial charge in [0.15, 0.2) is 0 Å². The van der Waals surface area contributed by atoms with E-state index in [1.807, 2.05) is 0 Å². The van der Waals surface area contributed by atoms with Gasteiger partial charge < -0.3 is 125 Å². The van der Waals surface area contributed by atoms with Crippen LogP contribution >= 0.6 is 0 Å². The molecule has 0 bridgehead atoms. The van der Waals surface area contributed by atoms with Crippen molar-refractivity contribution in [3.63, 3.8) is 0 Å². The van der Waals surface area contributed by atoms with E-state index in [9.17, 15) is 9.59 Å². The van der Waals surface area contributed by atoms with E-state index in [1.165, 1.54) is 0 Å². The first-order valence-electron chi connectivity index (χ1n) is 29.0. The summed E-state index contributed by atoms with van der Waals surface area (Å²) in [5.74, 6) is -0.533. The molecular formula is C54H108N2O26. The Labute approximate surface area is 488 Å². The van der Waals surface area contributed by atoms with Gasteiger partial charge in [0.2, 0.25) is 11.8 Å². The predicted molar refractivity (Wildman–Crippen MR) is 297 cm³/mol. The number of ether oxygens (including phenoxy) is 24. The van der Waals surface area contributed by atoms with Crippen molar-refractivity contribution in [3.05, 3.63) is 0 Å². The van der Waals surface area contributed by atoms with Crippen LogP contribution in [0.4, 0.5) is 0 Å². The van der Waals surface area contributed by atoms with Crippen LogP contribution < -0.4 is 11.1 Å².